The topological polar surface area (TPSA) is 86.8 Å². The zero-order valence-corrected chi connectivity index (χ0v) is 24.1. The highest BCUT2D eigenvalue weighted by Crippen LogP contribution is 2.33. The molecule has 0 spiro atoms. The minimum atomic E-state index is -4.30. The fourth-order valence-electron chi connectivity index (χ4n) is 3.76. The van der Waals surface area contributed by atoms with Crippen LogP contribution in [0.3, 0.4) is 0 Å². The number of halogens is 3. The minimum Gasteiger partial charge on any atom is -0.354 e. The normalized spacial score (nSPS) is 12.2. The number of hydrogen-bond donors (Lipinski definition) is 1. The van der Waals surface area contributed by atoms with E-state index in [9.17, 15) is 22.4 Å². The number of carbonyl (C=O) groups excluding carboxylic acids is 2. The first-order chi connectivity index (χ1) is 18.4. The van der Waals surface area contributed by atoms with Gasteiger partial charge < -0.3 is 10.2 Å². The van der Waals surface area contributed by atoms with Crippen LogP contribution < -0.4 is 9.62 Å². The maximum atomic E-state index is 14.6. The molecule has 0 aliphatic rings. The third-order valence-electron chi connectivity index (χ3n) is 5.94. The first-order valence-corrected chi connectivity index (χ1v) is 14.4. The lowest BCUT2D eigenvalue weighted by molar-refractivity contribution is -0.139. The third-order valence-corrected chi connectivity index (χ3v) is 8.27. The summed E-state index contributed by atoms with van der Waals surface area (Å²) in [5, 5.41) is 3.04. The number of nitrogens with one attached hydrogen (secondary N) is 1. The maximum absolute atomic E-state index is 14.6. The van der Waals surface area contributed by atoms with E-state index in [-0.39, 0.29) is 38.7 Å². The zero-order valence-electron chi connectivity index (χ0n) is 21.8. The van der Waals surface area contributed by atoms with E-state index in [1.165, 1.54) is 55.5 Å². The van der Waals surface area contributed by atoms with Gasteiger partial charge in [-0.25, -0.2) is 12.8 Å². The average Bonchev–Trinajstić information content (AvgIpc) is 2.91. The highest BCUT2D eigenvalue weighted by Gasteiger charge is 2.33. The van der Waals surface area contributed by atoms with E-state index in [1.54, 1.807) is 24.3 Å². The number of nitrogens with zero attached hydrogens (tertiary/aromatic N) is 2. The summed E-state index contributed by atoms with van der Waals surface area (Å²) in [6, 6.07) is 16.7. The van der Waals surface area contributed by atoms with Gasteiger partial charge in [-0.05, 0) is 49.2 Å². The highest BCUT2D eigenvalue weighted by molar-refractivity contribution is 7.92. The summed E-state index contributed by atoms with van der Waals surface area (Å²) in [4.78, 5) is 27.9. The van der Waals surface area contributed by atoms with Gasteiger partial charge in [0, 0.05) is 23.7 Å². The maximum Gasteiger partial charge on any atom is 0.264 e. The Bertz CT molecular complexity index is 1420. The second-order valence-corrected chi connectivity index (χ2v) is 12.1. The number of rotatable bonds is 11. The highest BCUT2D eigenvalue weighted by atomic mass is 35.5. The molecule has 0 aromatic heterocycles. The van der Waals surface area contributed by atoms with Crippen LogP contribution in [0.5, 0.6) is 0 Å². The van der Waals surface area contributed by atoms with E-state index in [2.05, 4.69) is 5.32 Å². The number of sulfonamides is 1. The Morgan fingerprint density at radius 1 is 0.949 bits per heavy atom. The van der Waals surface area contributed by atoms with Crippen LogP contribution in [-0.2, 0) is 26.2 Å². The van der Waals surface area contributed by atoms with Gasteiger partial charge in [0.15, 0.2) is 0 Å². The molecule has 3 aromatic carbocycles. The Labute approximate surface area is 238 Å². The number of carbonyl (C=O) groups is 2. The molecule has 3 rings (SSSR count). The van der Waals surface area contributed by atoms with E-state index in [4.69, 9.17) is 23.2 Å². The molecule has 0 heterocycles. The Balaban J connectivity index is 2.05. The van der Waals surface area contributed by atoms with E-state index >= 15 is 0 Å². The molecular weight excluding hydrogens is 564 g/mol. The molecule has 0 saturated carbocycles. The molecular formula is C28H30Cl2FN3O4S. The summed E-state index contributed by atoms with van der Waals surface area (Å²) < 4.78 is 43.0. The molecule has 3 aromatic rings. The molecule has 0 bridgehead atoms. The SMILES string of the molecule is CC(C)CNC(=O)C(C)N(Cc1ccccc1F)C(=O)CN(c1cc(Cl)ccc1Cl)S(=O)(=O)c1ccccc1. The predicted molar refractivity (Wildman–Crippen MR) is 152 cm³/mol. The van der Waals surface area contributed by atoms with Gasteiger partial charge in [0.25, 0.3) is 10.0 Å². The largest absolute Gasteiger partial charge is 0.354 e. The van der Waals surface area contributed by atoms with Crippen molar-refractivity contribution in [3.63, 3.8) is 0 Å². The Hall–Kier alpha value is -3.14. The molecule has 0 radical (unpaired) electrons. The minimum absolute atomic E-state index is 0.0101. The molecule has 11 heteroatoms. The lowest BCUT2D eigenvalue weighted by Gasteiger charge is -2.32. The van der Waals surface area contributed by atoms with Gasteiger partial charge in [0.1, 0.15) is 18.4 Å². The molecule has 1 N–H and O–H groups in total. The van der Waals surface area contributed by atoms with Crippen molar-refractivity contribution in [1.82, 2.24) is 10.2 Å². The van der Waals surface area contributed by atoms with Crippen LogP contribution in [-0.4, -0.2) is 44.3 Å². The van der Waals surface area contributed by atoms with Crippen molar-refractivity contribution in [2.45, 2.75) is 38.3 Å². The molecule has 2 amide bonds. The molecule has 208 valence electrons. The molecule has 0 saturated heterocycles. The smallest absolute Gasteiger partial charge is 0.264 e. The van der Waals surface area contributed by atoms with E-state index < -0.39 is 40.2 Å². The third kappa shape index (κ3) is 7.71. The van der Waals surface area contributed by atoms with Crippen molar-refractivity contribution >= 4 is 50.7 Å². The van der Waals surface area contributed by atoms with E-state index in [0.29, 0.717) is 6.54 Å². The fourth-order valence-corrected chi connectivity index (χ4v) is 5.64. The number of anilines is 1. The quantitative estimate of drug-likeness (QED) is 0.317. The van der Waals surface area contributed by atoms with Gasteiger partial charge >= 0.3 is 0 Å². The lowest BCUT2D eigenvalue weighted by atomic mass is 10.1. The van der Waals surface area contributed by atoms with Crippen molar-refractivity contribution in [3.05, 3.63) is 94.2 Å². The zero-order chi connectivity index (χ0) is 28.7. The van der Waals surface area contributed by atoms with Crippen LogP contribution in [0.4, 0.5) is 10.1 Å². The number of benzene rings is 3. The van der Waals surface area contributed by atoms with E-state index in [0.717, 1.165) is 9.21 Å². The van der Waals surface area contributed by atoms with Crippen LogP contribution in [0, 0.1) is 11.7 Å². The second-order valence-electron chi connectivity index (χ2n) is 9.35. The van der Waals surface area contributed by atoms with Crippen molar-refractivity contribution in [3.8, 4) is 0 Å². The molecule has 0 aliphatic heterocycles. The van der Waals surface area contributed by atoms with Gasteiger partial charge in [-0.2, -0.15) is 0 Å². The number of amides is 2. The molecule has 1 unspecified atom stereocenters. The van der Waals surface area contributed by atoms with Gasteiger partial charge in [-0.15, -0.1) is 0 Å². The summed E-state index contributed by atoms with van der Waals surface area (Å²) in [6.07, 6.45) is 0. The predicted octanol–water partition coefficient (Wildman–Crippen LogP) is 5.52. The lowest BCUT2D eigenvalue weighted by Crippen LogP contribution is -2.51. The fraction of sp³-hybridized carbons (Fsp3) is 0.286. The monoisotopic (exact) mass is 593 g/mol. The van der Waals surface area contributed by atoms with Gasteiger partial charge in [-0.3, -0.25) is 13.9 Å². The van der Waals surface area contributed by atoms with Crippen molar-refractivity contribution < 1.29 is 22.4 Å². The van der Waals surface area contributed by atoms with E-state index in [1.807, 2.05) is 13.8 Å². The molecule has 39 heavy (non-hydrogen) atoms. The number of hydrogen-bond acceptors (Lipinski definition) is 4. The van der Waals surface area contributed by atoms with Gasteiger partial charge in [0.05, 0.1) is 15.6 Å². The summed E-state index contributed by atoms with van der Waals surface area (Å²) in [5.74, 6) is -1.59. The summed E-state index contributed by atoms with van der Waals surface area (Å²) in [5.41, 5.74) is 0.164. The van der Waals surface area contributed by atoms with Crippen LogP contribution in [0.15, 0.2) is 77.7 Å². The summed E-state index contributed by atoms with van der Waals surface area (Å²) in [6.45, 7) is 4.76. The van der Waals surface area contributed by atoms with Crippen molar-refractivity contribution in [1.29, 1.82) is 0 Å². The van der Waals surface area contributed by atoms with Crippen molar-refractivity contribution in [2.24, 2.45) is 5.92 Å². The standard InChI is InChI=1S/C28H30Cl2FN3O4S/c1-19(2)16-32-28(36)20(3)33(17-21-9-7-8-12-25(21)31)27(35)18-34(26-15-22(29)13-14-24(26)30)39(37,38)23-10-5-4-6-11-23/h4-15,19-20H,16-18H2,1-3H3,(H,32,36). The summed E-state index contributed by atoms with van der Waals surface area (Å²) in [7, 11) is -4.30. The van der Waals surface area contributed by atoms with Crippen LogP contribution in [0.25, 0.3) is 0 Å². The molecule has 0 fully saturated rings. The Morgan fingerprint density at radius 2 is 1.59 bits per heavy atom. The Morgan fingerprint density at radius 3 is 2.23 bits per heavy atom. The average molecular weight is 595 g/mol. The molecule has 1 atom stereocenters. The van der Waals surface area contributed by atoms with Crippen LogP contribution in [0.2, 0.25) is 10.0 Å². The van der Waals surface area contributed by atoms with Crippen LogP contribution >= 0.6 is 23.2 Å². The first-order valence-electron chi connectivity index (χ1n) is 12.2. The second kappa shape index (κ2) is 13.3. The molecule has 7 nitrogen and oxygen atoms in total. The van der Waals surface area contributed by atoms with Crippen molar-refractivity contribution in [2.75, 3.05) is 17.4 Å². The van der Waals surface area contributed by atoms with Gasteiger partial charge in [-0.1, -0.05) is 73.4 Å². The summed E-state index contributed by atoms with van der Waals surface area (Å²) >= 11 is 12.5. The Kier molecular flexibility index (Phi) is 10.4. The van der Waals surface area contributed by atoms with Crippen LogP contribution in [0.1, 0.15) is 26.3 Å². The van der Waals surface area contributed by atoms with Gasteiger partial charge in [0.2, 0.25) is 11.8 Å². The first kappa shape index (κ1) is 30.4. The molecule has 0 aliphatic carbocycles.